The fraction of sp³-hybridized carbons (Fsp3) is 0.487. The lowest BCUT2D eigenvalue weighted by molar-refractivity contribution is -0.142. The normalized spacial score (nSPS) is 14.9. The molecule has 0 aliphatic carbocycles. The number of carboxylic acids is 2. The number of nitrogens with two attached hydrogens (primary N) is 2. The van der Waals surface area contributed by atoms with E-state index < -0.39 is 122 Å². The van der Waals surface area contributed by atoms with E-state index in [0.29, 0.717) is 17.5 Å². The van der Waals surface area contributed by atoms with Crippen molar-refractivity contribution < 1.29 is 69.0 Å². The van der Waals surface area contributed by atoms with Crippen LogP contribution in [-0.4, -0.2) is 146 Å². The summed E-state index contributed by atoms with van der Waals surface area (Å²) in [5, 5.41) is 72.3. The minimum absolute atomic E-state index is 0.0691. The molecule has 61 heavy (non-hydrogen) atoms. The molecule has 0 bridgehead atoms. The molecule has 0 aliphatic rings. The SMILES string of the molecule is C[C@@H](O)[C@H](N)C(=O)N[C@@H](Cc1ccccc1)C(=O)N[C@@H](CCC(=O)O)C(=O)N[C@@H](CO)C(=O)N[C@@H](CCCCN)C(=O)N[C@@H](CO)C(=O)N[C@@H](Cc1ccc(O)cc1)C(=O)O. The van der Waals surface area contributed by atoms with Crippen LogP contribution in [0.25, 0.3) is 0 Å². The summed E-state index contributed by atoms with van der Waals surface area (Å²) in [6.07, 6.45) is -2.26. The van der Waals surface area contributed by atoms with Crippen molar-refractivity contribution >= 4 is 47.4 Å². The average Bonchev–Trinajstić information content (AvgIpc) is 3.22. The van der Waals surface area contributed by atoms with Gasteiger partial charge < -0.3 is 74.0 Å². The van der Waals surface area contributed by atoms with E-state index in [1.807, 2.05) is 0 Å². The largest absolute Gasteiger partial charge is 0.508 e. The molecule has 2 rings (SSSR count). The first-order valence-electron chi connectivity index (χ1n) is 19.3. The van der Waals surface area contributed by atoms with Gasteiger partial charge in [-0.3, -0.25) is 33.6 Å². The molecule has 16 N–H and O–H groups in total. The van der Waals surface area contributed by atoms with Crippen molar-refractivity contribution in [1.82, 2.24) is 31.9 Å². The molecule has 336 valence electrons. The number of phenols is 1. The summed E-state index contributed by atoms with van der Waals surface area (Å²) in [4.78, 5) is 103. The van der Waals surface area contributed by atoms with Crippen LogP contribution in [0.1, 0.15) is 50.2 Å². The average molecular weight is 861 g/mol. The van der Waals surface area contributed by atoms with Crippen LogP contribution in [-0.2, 0) is 51.2 Å². The smallest absolute Gasteiger partial charge is 0.326 e. The molecule has 0 saturated carbocycles. The minimum atomic E-state index is -1.79. The van der Waals surface area contributed by atoms with Gasteiger partial charge in [0, 0.05) is 19.3 Å². The fourth-order valence-electron chi connectivity index (χ4n) is 5.66. The maximum atomic E-state index is 13.6. The zero-order valence-corrected chi connectivity index (χ0v) is 33.5. The third-order valence-corrected chi connectivity index (χ3v) is 9.22. The first-order chi connectivity index (χ1) is 28.9. The van der Waals surface area contributed by atoms with Crippen molar-refractivity contribution in [2.24, 2.45) is 11.5 Å². The highest BCUT2D eigenvalue weighted by Gasteiger charge is 2.34. The van der Waals surface area contributed by atoms with Crippen molar-refractivity contribution in [3.8, 4) is 5.75 Å². The number of amides is 6. The predicted molar refractivity (Wildman–Crippen MR) is 215 cm³/mol. The molecule has 0 fully saturated rings. The zero-order valence-electron chi connectivity index (χ0n) is 33.5. The number of aliphatic hydroxyl groups excluding tert-OH is 3. The third-order valence-electron chi connectivity index (χ3n) is 9.22. The maximum Gasteiger partial charge on any atom is 0.326 e. The predicted octanol–water partition coefficient (Wildman–Crippen LogP) is -4.14. The third kappa shape index (κ3) is 17.9. The van der Waals surface area contributed by atoms with Gasteiger partial charge in [-0.25, -0.2) is 4.79 Å². The second-order valence-corrected chi connectivity index (χ2v) is 14.1. The van der Waals surface area contributed by atoms with Crippen molar-refractivity contribution in [2.45, 2.75) is 100 Å². The Hall–Kier alpha value is -6.20. The molecule has 2 aromatic carbocycles. The van der Waals surface area contributed by atoms with E-state index in [1.54, 1.807) is 30.3 Å². The lowest BCUT2D eigenvalue weighted by atomic mass is 10.0. The Balaban J connectivity index is 2.25. The summed E-state index contributed by atoms with van der Waals surface area (Å²) in [7, 11) is 0. The van der Waals surface area contributed by atoms with Gasteiger partial charge in [0.1, 0.15) is 48.0 Å². The molecule has 0 unspecified atom stereocenters. The Labute approximate surface area is 350 Å². The standard InChI is InChI=1S/C39H56N8O14/c1-21(50)32(41)38(59)44-27(17-22-7-3-2-4-8-22)35(56)43-26(14-15-31(52)53)34(55)47-29(19-48)36(57)42-25(9-5-6-16-40)33(54)46-30(20-49)37(58)45-28(39(60)61)18-23-10-12-24(51)13-11-23/h2-4,7-8,10-13,21,25-30,32,48-51H,5-6,9,14-20,40-41H2,1H3,(H,42,57)(H,43,56)(H,44,59)(H,45,58)(H,46,54)(H,47,55)(H,52,53)(H,60,61)/t21-,25+,26+,27+,28+,29+,30+,32+/m1/s1. The van der Waals surface area contributed by atoms with Crippen LogP contribution >= 0.6 is 0 Å². The van der Waals surface area contributed by atoms with E-state index in [0.717, 1.165) is 0 Å². The minimum Gasteiger partial charge on any atom is -0.508 e. The maximum absolute atomic E-state index is 13.6. The number of unbranched alkanes of at least 4 members (excludes halogenated alkanes) is 1. The summed E-state index contributed by atoms with van der Waals surface area (Å²) in [6, 6.07) is 2.94. The summed E-state index contributed by atoms with van der Waals surface area (Å²) in [6.45, 7) is -0.590. The van der Waals surface area contributed by atoms with Gasteiger partial charge in [-0.15, -0.1) is 0 Å². The first kappa shape index (κ1) is 50.9. The second-order valence-electron chi connectivity index (χ2n) is 14.1. The Morgan fingerprint density at radius 1 is 0.574 bits per heavy atom. The summed E-state index contributed by atoms with van der Waals surface area (Å²) < 4.78 is 0. The molecule has 0 saturated heterocycles. The van der Waals surface area contributed by atoms with Gasteiger partial charge in [0.15, 0.2) is 0 Å². The number of carbonyl (C=O) groups excluding carboxylic acids is 6. The molecule has 0 aromatic heterocycles. The molecule has 2 aromatic rings. The number of hydrogen-bond acceptors (Lipinski definition) is 14. The Morgan fingerprint density at radius 2 is 1.00 bits per heavy atom. The molecule has 0 spiro atoms. The van der Waals surface area contributed by atoms with Gasteiger partial charge in [-0.1, -0.05) is 42.5 Å². The van der Waals surface area contributed by atoms with Crippen LogP contribution in [0.2, 0.25) is 0 Å². The molecule has 22 heteroatoms. The lowest BCUT2D eigenvalue weighted by Gasteiger charge is -2.27. The number of carboxylic acid groups (broad SMARTS) is 2. The molecule has 22 nitrogen and oxygen atoms in total. The molecule has 0 heterocycles. The molecular weight excluding hydrogens is 804 g/mol. The molecule has 0 aliphatic heterocycles. The van der Waals surface area contributed by atoms with Gasteiger partial charge in [0.2, 0.25) is 35.4 Å². The molecule has 6 amide bonds. The number of benzene rings is 2. The van der Waals surface area contributed by atoms with E-state index in [4.69, 9.17) is 11.5 Å². The zero-order chi connectivity index (χ0) is 45.6. The van der Waals surface area contributed by atoms with Crippen molar-refractivity contribution in [1.29, 1.82) is 0 Å². The highest BCUT2D eigenvalue weighted by Crippen LogP contribution is 2.12. The van der Waals surface area contributed by atoms with Crippen LogP contribution in [0, 0.1) is 0 Å². The van der Waals surface area contributed by atoms with E-state index in [9.17, 15) is 69.0 Å². The number of carbonyl (C=O) groups is 8. The molecular formula is C39H56N8O14. The van der Waals surface area contributed by atoms with Crippen LogP contribution in [0.5, 0.6) is 5.75 Å². The van der Waals surface area contributed by atoms with Gasteiger partial charge in [-0.2, -0.15) is 0 Å². The number of aromatic hydroxyl groups is 1. The quantitative estimate of drug-likeness (QED) is 0.0379. The van der Waals surface area contributed by atoms with E-state index >= 15 is 0 Å². The highest BCUT2D eigenvalue weighted by molar-refractivity contribution is 5.97. The lowest BCUT2D eigenvalue weighted by Crippen LogP contribution is -2.61. The van der Waals surface area contributed by atoms with Gasteiger partial charge in [-0.05, 0) is 62.4 Å². The Morgan fingerprint density at radius 3 is 1.48 bits per heavy atom. The number of aliphatic carboxylic acids is 2. The molecule has 0 radical (unpaired) electrons. The van der Waals surface area contributed by atoms with E-state index in [2.05, 4.69) is 31.9 Å². The number of rotatable bonds is 27. The van der Waals surface area contributed by atoms with Crippen LogP contribution < -0.4 is 43.4 Å². The van der Waals surface area contributed by atoms with Crippen LogP contribution in [0.4, 0.5) is 0 Å². The van der Waals surface area contributed by atoms with Gasteiger partial charge in [0.05, 0.1) is 19.3 Å². The van der Waals surface area contributed by atoms with Crippen molar-refractivity contribution in [3.63, 3.8) is 0 Å². The first-order valence-corrected chi connectivity index (χ1v) is 19.3. The van der Waals surface area contributed by atoms with E-state index in [1.165, 1.54) is 31.2 Å². The number of aliphatic hydroxyl groups is 3. The Kier molecular flexibility index (Phi) is 21.8. The summed E-state index contributed by atoms with van der Waals surface area (Å²) in [5.41, 5.74) is 12.3. The van der Waals surface area contributed by atoms with Crippen molar-refractivity contribution in [2.75, 3.05) is 19.8 Å². The summed E-state index contributed by atoms with van der Waals surface area (Å²) in [5.74, 6) is -9.07. The molecule has 8 atom stereocenters. The highest BCUT2D eigenvalue weighted by atomic mass is 16.4. The number of hydrogen-bond donors (Lipinski definition) is 14. The van der Waals surface area contributed by atoms with E-state index in [-0.39, 0.29) is 38.0 Å². The fourth-order valence-corrected chi connectivity index (χ4v) is 5.66. The van der Waals surface area contributed by atoms with Crippen molar-refractivity contribution in [3.05, 3.63) is 65.7 Å². The number of nitrogens with one attached hydrogen (secondary N) is 6. The topological polar surface area (TPSA) is 382 Å². The van der Waals surface area contributed by atoms with Crippen LogP contribution in [0.15, 0.2) is 54.6 Å². The van der Waals surface area contributed by atoms with Gasteiger partial charge >= 0.3 is 11.9 Å². The monoisotopic (exact) mass is 860 g/mol. The second kappa shape index (κ2) is 26.1. The number of phenolic OH excluding ortho intramolecular Hbond substituents is 1. The Bertz CT molecular complexity index is 1780. The summed E-state index contributed by atoms with van der Waals surface area (Å²) >= 11 is 0. The van der Waals surface area contributed by atoms with Gasteiger partial charge in [0.25, 0.3) is 0 Å². The van der Waals surface area contributed by atoms with Crippen LogP contribution in [0.3, 0.4) is 0 Å².